The minimum atomic E-state index is 0.503. The van der Waals surface area contributed by atoms with E-state index in [0.717, 1.165) is 24.4 Å². The van der Waals surface area contributed by atoms with Crippen molar-refractivity contribution in [1.29, 1.82) is 0 Å². The highest BCUT2D eigenvalue weighted by atomic mass is 14.9. The maximum Gasteiger partial charge on any atom is 0.0169 e. The first-order valence-electron chi connectivity index (χ1n) is 8.80. The average Bonchev–Trinajstić information content (AvgIpc) is 3.17. The second-order valence-electron chi connectivity index (χ2n) is 8.53. The summed E-state index contributed by atoms with van der Waals surface area (Å²) in [5.74, 6) is 2.47. The molecule has 0 saturated heterocycles. The first kappa shape index (κ1) is 16.1. The molecule has 0 heterocycles. The average molecular weight is 277 g/mol. The van der Waals surface area contributed by atoms with E-state index in [-0.39, 0.29) is 0 Å². The molecule has 0 bridgehead atoms. The molecule has 0 aromatic carbocycles. The van der Waals surface area contributed by atoms with Gasteiger partial charge in [0.05, 0.1) is 0 Å². The fraction of sp³-hybridized carbons (Fsp3) is 0.895. The van der Waals surface area contributed by atoms with Gasteiger partial charge in [-0.3, -0.25) is 0 Å². The monoisotopic (exact) mass is 277 g/mol. The normalized spacial score (nSPS) is 29.0. The van der Waals surface area contributed by atoms with Gasteiger partial charge in [0.25, 0.3) is 0 Å². The Morgan fingerprint density at radius 2 is 1.65 bits per heavy atom. The molecule has 0 aromatic rings. The highest BCUT2D eigenvalue weighted by molar-refractivity contribution is 5.10. The van der Waals surface area contributed by atoms with Crippen molar-refractivity contribution in [2.24, 2.45) is 23.2 Å². The second-order valence-corrected chi connectivity index (χ2v) is 8.53. The lowest BCUT2D eigenvalue weighted by Crippen LogP contribution is -2.26. The second kappa shape index (κ2) is 6.64. The Bertz CT molecular complexity index is 322. The Labute approximate surface area is 126 Å². The third kappa shape index (κ3) is 4.91. The summed E-state index contributed by atoms with van der Waals surface area (Å²) in [5, 5.41) is 3.69. The summed E-state index contributed by atoms with van der Waals surface area (Å²) >= 11 is 0. The summed E-state index contributed by atoms with van der Waals surface area (Å²) < 4.78 is 0. The molecular formula is C19H35N. The number of hydrogen-bond donors (Lipinski definition) is 1. The first-order valence-corrected chi connectivity index (χ1v) is 8.80. The number of nitrogens with one attached hydrogen (secondary N) is 1. The van der Waals surface area contributed by atoms with E-state index in [1.165, 1.54) is 38.5 Å². The van der Waals surface area contributed by atoms with Crippen molar-refractivity contribution in [3.05, 3.63) is 11.6 Å². The van der Waals surface area contributed by atoms with Gasteiger partial charge in [0.15, 0.2) is 0 Å². The predicted molar refractivity (Wildman–Crippen MR) is 88.8 cm³/mol. The fourth-order valence-corrected chi connectivity index (χ4v) is 3.46. The molecule has 1 heteroatoms. The summed E-state index contributed by atoms with van der Waals surface area (Å²) in [6.07, 6.45) is 11.1. The lowest BCUT2D eigenvalue weighted by molar-refractivity contribution is 0.162. The molecule has 0 spiro atoms. The van der Waals surface area contributed by atoms with Crippen molar-refractivity contribution in [2.45, 2.75) is 79.2 Å². The summed E-state index contributed by atoms with van der Waals surface area (Å²) in [4.78, 5) is 0. The Hall–Kier alpha value is -0.300. The van der Waals surface area contributed by atoms with Gasteiger partial charge in [-0.05, 0) is 61.7 Å². The van der Waals surface area contributed by atoms with Gasteiger partial charge in [0, 0.05) is 12.6 Å². The Kier molecular flexibility index (Phi) is 5.34. The Morgan fingerprint density at radius 1 is 1.05 bits per heavy atom. The minimum absolute atomic E-state index is 0.503. The van der Waals surface area contributed by atoms with Gasteiger partial charge in [-0.1, -0.05) is 46.3 Å². The molecule has 20 heavy (non-hydrogen) atoms. The van der Waals surface area contributed by atoms with E-state index in [0.29, 0.717) is 11.3 Å². The van der Waals surface area contributed by atoms with Gasteiger partial charge in [0.2, 0.25) is 0 Å². The van der Waals surface area contributed by atoms with Gasteiger partial charge >= 0.3 is 0 Å². The largest absolute Gasteiger partial charge is 0.310 e. The van der Waals surface area contributed by atoms with E-state index in [1.807, 2.05) is 0 Å². The highest BCUT2D eigenvalue weighted by Crippen LogP contribution is 2.40. The maximum atomic E-state index is 3.69. The van der Waals surface area contributed by atoms with E-state index in [4.69, 9.17) is 0 Å². The van der Waals surface area contributed by atoms with Crippen molar-refractivity contribution >= 4 is 0 Å². The molecule has 0 atom stereocenters. The number of rotatable bonds is 5. The molecule has 1 N–H and O–H groups in total. The van der Waals surface area contributed by atoms with Crippen LogP contribution in [0.15, 0.2) is 11.6 Å². The summed E-state index contributed by atoms with van der Waals surface area (Å²) in [5.41, 5.74) is 2.15. The third-order valence-electron chi connectivity index (χ3n) is 5.36. The Balaban J connectivity index is 1.85. The summed E-state index contributed by atoms with van der Waals surface area (Å²) in [6.45, 7) is 13.1. The molecule has 2 aliphatic rings. The molecule has 0 aliphatic heterocycles. The van der Waals surface area contributed by atoms with Crippen molar-refractivity contribution in [1.82, 2.24) is 5.32 Å². The Morgan fingerprint density at radius 3 is 2.10 bits per heavy atom. The number of allylic oxidation sites excluding steroid dienone is 1. The van der Waals surface area contributed by atoms with E-state index < -0.39 is 0 Å². The van der Waals surface area contributed by atoms with E-state index >= 15 is 0 Å². The molecule has 0 radical (unpaired) electrons. The molecule has 2 rings (SSSR count). The van der Waals surface area contributed by atoms with Crippen molar-refractivity contribution in [3.63, 3.8) is 0 Å². The van der Waals surface area contributed by atoms with Crippen molar-refractivity contribution < 1.29 is 0 Å². The summed E-state index contributed by atoms with van der Waals surface area (Å²) in [6, 6.07) is 0.828. The van der Waals surface area contributed by atoms with Crippen molar-refractivity contribution in [3.8, 4) is 0 Å². The zero-order chi connectivity index (χ0) is 14.8. The molecular weight excluding hydrogens is 242 g/mol. The summed E-state index contributed by atoms with van der Waals surface area (Å²) in [7, 11) is 0. The van der Waals surface area contributed by atoms with Gasteiger partial charge in [-0.25, -0.2) is 0 Å². The molecule has 2 aliphatic carbocycles. The van der Waals surface area contributed by atoms with Crippen molar-refractivity contribution in [2.75, 3.05) is 6.54 Å². The van der Waals surface area contributed by atoms with Crippen LogP contribution in [-0.2, 0) is 0 Å². The van der Waals surface area contributed by atoms with Crippen LogP contribution in [0, 0.1) is 23.2 Å². The zero-order valence-corrected chi connectivity index (χ0v) is 14.3. The molecule has 1 nitrogen and oxygen atoms in total. The van der Waals surface area contributed by atoms with E-state index in [9.17, 15) is 0 Å². The van der Waals surface area contributed by atoms with Gasteiger partial charge in [-0.2, -0.15) is 0 Å². The predicted octanol–water partition coefficient (Wildman–Crippen LogP) is 5.17. The SMILES string of the molecule is CC(C)C(=CC1CCC(C(C)(C)C)CC1)CNC1CC1. The number of hydrogen-bond acceptors (Lipinski definition) is 1. The zero-order valence-electron chi connectivity index (χ0n) is 14.3. The lowest BCUT2D eigenvalue weighted by Gasteiger charge is -2.36. The quantitative estimate of drug-likeness (QED) is 0.683. The molecule has 0 amide bonds. The standard InChI is InChI=1S/C19H35N/c1-14(2)16(13-20-18-10-11-18)12-15-6-8-17(9-7-15)19(3,4)5/h12,14-15,17-18,20H,6-11,13H2,1-5H3. The van der Waals surface area contributed by atoms with Crippen LogP contribution >= 0.6 is 0 Å². The van der Waals surface area contributed by atoms with Crippen LogP contribution in [0.25, 0.3) is 0 Å². The van der Waals surface area contributed by atoms with Crippen LogP contribution in [0.2, 0.25) is 0 Å². The fourth-order valence-electron chi connectivity index (χ4n) is 3.46. The van der Waals surface area contributed by atoms with Crippen LogP contribution in [0.5, 0.6) is 0 Å². The highest BCUT2D eigenvalue weighted by Gasteiger charge is 2.29. The van der Waals surface area contributed by atoms with Crippen LogP contribution < -0.4 is 5.32 Å². The van der Waals surface area contributed by atoms with E-state index in [2.05, 4.69) is 46.0 Å². The minimum Gasteiger partial charge on any atom is -0.310 e. The smallest absolute Gasteiger partial charge is 0.0169 e. The van der Waals surface area contributed by atoms with E-state index in [1.54, 1.807) is 5.57 Å². The molecule has 2 saturated carbocycles. The third-order valence-corrected chi connectivity index (χ3v) is 5.36. The van der Waals surface area contributed by atoms with Crippen LogP contribution in [0.4, 0.5) is 0 Å². The van der Waals surface area contributed by atoms with Gasteiger partial charge < -0.3 is 5.32 Å². The van der Waals surface area contributed by atoms with Gasteiger partial charge in [0.1, 0.15) is 0 Å². The maximum absolute atomic E-state index is 3.69. The molecule has 2 fully saturated rings. The molecule has 116 valence electrons. The van der Waals surface area contributed by atoms with Crippen LogP contribution in [0.1, 0.15) is 73.1 Å². The van der Waals surface area contributed by atoms with Crippen LogP contribution in [0.3, 0.4) is 0 Å². The van der Waals surface area contributed by atoms with Crippen LogP contribution in [-0.4, -0.2) is 12.6 Å². The molecule has 0 aromatic heterocycles. The molecule has 0 unspecified atom stereocenters. The topological polar surface area (TPSA) is 12.0 Å². The first-order chi connectivity index (χ1) is 9.36. The van der Waals surface area contributed by atoms with Gasteiger partial charge in [-0.15, -0.1) is 0 Å². The lowest BCUT2D eigenvalue weighted by atomic mass is 9.69.